The van der Waals surface area contributed by atoms with E-state index in [0.29, 0.717) is 17.2 Å². The minimum absolute atomic E-state index is 0.272. The van der Waals surface area contributed by atoms with E-state index in [2.05, 4.69) is 14.8 Å². The predicted octanol–water partition coefficient (Wildman–Crippen LogP) is 3.40. The molecule has 7 nitrogen and oxygen atoms in total. The molecule has 0 aliphatic rings. The number of hydrogen-bond acceptors (Lipinski definition) is 5. The van der Waals surface area contributed by atoms with Gasteiger partial charge in [0.05, 0.1) is 11.1 Å². The Morgan fingerprint density at radius 2 is 1.79 bits per heavy atom. The van der Waals surface area contributed by atoms with Gasteiger partial charge in [-0.1, -0.05) is 24.3 Å². The number of nitrogen functional groups attached to an aromatic ring is 1. The van der Waals surface area contributed by atoms with Crippen LogP contribution in [0.4, 0.5) is 11.5 Å². The first-order valence-electron chi connectivity index (χ1n) is 8.64. The molecule has 142 valence electrons. The van der Waals surface area contributed by atoms with Crippen LogP contribution in [0, 0.1) is 13.8 Å². The molecule has 3 N–H and O–H groups in total. The molecule has 0 spiro atoms. The molecular formula is C20H19N5O2S. The Labute approximate surface area is 162 Å². The highest BCUT2D eigenvalue weighted by Crippen LogP contribution is 2.28. The highest BCUT2D eigenvalue weighted by atomic mass is 32.2. The summed E-state index contributed by atoms with van der Waals surface area (Å²) in [4.78, 5) is 4.60. The standard InChI is InChI=1S/C20H19N5O2S/c1-13-4-3-5-18(14(13)2)28(26,27)24-16-8-6-15(7-9-16)17-12-22-19-10-11-23-25(19)20(17)21/h3-12,24H,21H2,1-2H3. The summed E-state index contributed by atoms with van der Waals surface area (Å²) < 4.78 is 29.7. The summed E-state index contributed by atoms with van der Waals surface area (Å²) in [6, 6.07) is 14.0. The second-order valence-electron chi connectivity index (χ2n) is 6.54. The van der Waals surface area contributed by atoms with Gasteiger partial charge in [0.1, 0.15) is 5.82 Å². The van der Waals surface area contributed by atoms with Gasteiger partial charge in [-0.2, -0.15) is 9.61 Å². The number of hydrogen-bond donors (Lipinski definition) is 2. The third kappa shape index (κ3) is 3.07. The zero-order valence-electron chi connectivity index (χ0n) is 15.4. The van der Waals surface area contributed by atoms with Crippen molar-refractivity contribution in [1.82, 2.24) is 14.6 Å². The normalized spacial score (nSPS) is 11.6. The molecule has 28 heavy (non-hydrogen) atoms. The van der Waals surface area contributed by atoms with Crippen molar-refractivity contribution in [2.45, 2.75) is 18.7 Å². The van der Waals surface area contributed by atoms with Gasteiger partial charge < -0.3 is 5.73 Å². The molecule has 0 amide bonds. The van der Waals surface area contributed by atoms with Crippen LogP contribution < -0.4 is 10.5 Å². The van der Waals surface area contributed by atoms with Crippen LogP contribution in [0.15, 0.2) is 65.8 Å². The molecule has 0 saturated heterocycles. The fourth-order valence-electron chi connectivity index (χ4n) is 3.06. The van der Waals surface area contributed by atoms with Crippen molar-refractivity contribution in [3.05, 3.63) is 72.1 Å². The Morgan fingerprint density at radius 3 is 2.54 bits per heavy atom. The van der Waals surface area contributed by atoms with Gasteiger partial charge in [0.2, 0.25) is 0 Å². The second kappa shape index (κ2) is 6.65. The Bertz CT molecular complexity index is 1280. The van der Waals surface area contributed by atoms with Crippen LogP contribution in [-0.2, 0) is 10.0 Å². The van der Waals surface area contributed by atoms with Crippen molar-refractivity contribution in [3.8, 4) is 11.1 Å². The number of nitrogens with two attached hydrogens (primary N) is 1. The number of nitrogens with one attached hydrogen (secondary N) is 1. The average molecular weight is 393 g/mol. The predicted molar refractivity (Wildman–Crippen MR) is 110 cm³/mol. The maximum Gasteiger partial charge on any atom is 0.262 e. The minimum Gasteiger partial charge on any atom is -0.383 e. The second-order valence-corrected chi connectivity index (χ2v) is 8.19. The van der Waals surface area contributed by atoms with E-state index in [0.717, 1.165) is 22.3 Å². The molecule has 0 saturated carbocycles. The van der Waals surface area contributed by atoms with E-state index >= 15 is 0 Å². The van der Waals surface area contributed by atoms with Gasteiger partial charge >= 0.3 is 0 Å². The lowest BCUT2D eigenvalue weighted by Gasteiger charge is -2.13. The fourth-order valence-corrected chi connectivity index (χ4v) is 4.43. The van der Waals surface area contributed by atoms with Crippen molar-refractivity contribution in [2.24, 2.45) is 0 Å². The van der Waals surface area contributed by atoms with Gasteiger partial charge in [0.15, 0.2) is 5.65 Å². The first kappa shape index (κ1) is 18.0. The lowest BCUT2D eigenvalue weighted by molar-refractivity contribution is 0.600. The van der Waals surface area contributed by atoms with Crippen LogP contribution in [0.2, 0.25) is 0 Å². The molecule has 0 radical (unpaired) electrons. The first-order valence-corrected chi connectivity index (χ1v) is 10.1. The molecule has 4 aromatic rings. The molecule has 0 fully saturated rings. The zero-order valence-corrected chi connectivity index (χ0v) is 16.2. The Morgan fingerprint density at radius 1 is 1.04 bits per heavy atom. The summed E-state index contributed by atoms with van der Waals surface area (Å²) in [6.45, 7) is 3.69. The van der Waals surface area contributed by atoms with Gasteiger partial charge in [-0.05, 0) is 48.7 Å². The Balaban J connectivity index is 1.64. The summed E-state index contributed by atoms with van der Waals surface area (Å²) in [5, 5.41) is 4.16. The molecule has 2 aromatic carbocycles. The van der Waals surface area contributed by atoms with E-state index in [1.54, 1.807) is 66.3 Å². The summed E-state index contributed by atoms with van der Waals surface area (Å²) in [7, 11) is -3.67. The number of fused-ring (bicyclic) bond motifs is 1. The van der Waals surface area contributed by atoms with Crippen molar-refractivity contribution < 1.29 is 8.42 Å². The van der Waals surface area contributed by atoms with E-state index < -0.39 is 10.0 Å². The number of aryl methyl sites for hydroxylation is 1. The number of benzene rings is 2. The smallest absolute Gasteiger partial charge is 0.262 e. The number of aromatic nitrogens is 3. The SMILES string of the molecule is Cc1cccc(S(=O)(=O)Nc2ccc(-c3cnc4ccnn4c3N)cc2)c1C. The quantitative estimate of drug-likeness (QED) is 0.553. The molecule has 0 unspecified atom stereocenters. The zero-order chi connectivity index (χ0) is 19.9. The van der Waals surface area contributed by atoms with Gasteiger partial charge in [-0.3, -0.25) is 4.72 Å². The largest absolute Gasteiger partial charge is 0.383 e. The lowest BCUT2D eigenvalue weighted by atomic mass is 10.1. The summed E-state index contributed by atoms with van der Waals surface area (Å²) in [6.07, 6.45) is 3.31. The monoisotopic (exact) mass is 393 g/mol. The van der Waals surface area contributed by atoms with E-state index in [4.69, 9.17) is 5.73 Å². The topological polar surface area (TPSA) is 102 Å². The number of sulfonamides is 1. The van der Waals surface area contributed by atoms with Gasteiger partial charge in [-0.25, -0.2) is 13.4 Å². The van der Waals surface area contributed by atoms with Gasteiger partial charge in [0.25, 0.3) is 10.0 Å². The van der Waals surface area contributed by atoms with Crippen LogP contribution in [0.25, 0.3) is 16.8 Å². The number of nitrogens with zero attached hydrogens (tertiary/aromatic N) is 3. The van der Waals surface area contributed by atoms with E-state index in [1.807, 2.05) is 13.0 Å². The molecule has 8 heteroatoms. The summed E-state index contributed by atoms with van der Waals surface area (Å²) in [5.41, 5.74) is 10.5. The molecule has 0 atom stereocenters. The van der Waals surface area contributed by atoms with Gasteiger partial charge in [-0.15, -0.1) is 0 Å². The number of rotatable bonds is 4. The highest BCUT2D eigenvalue weighted by molar-refractivity contribution is 7.92. The molecule has 4 rings (SSSR count). The maximum atomic E-state index is 12.7. The van der Waals surface area contributed by atoms with Crippen molar-refractivity contribution in [3.63, 3.8) is 0 Å². The fraction of sp³-hybridized carbons (Fsp3) is 0.100. The Kier molecular flexibility index (Phi) is 4.27. The third-order valence-electron chi connectivity index (χ3n) is 4.75. The van der Waals surface area contributed by atoms with Crippen molar-refractivity contribution in [1.29, 1.82) is 0 Å². The highest BCUT2D eigenvalue weighted by Gasteiger charge is 2.18. The average Bonchev–Trinajstić information content (AvgIpc) is 3.14. The first-order chi connectivity index (χ1) is 13.4. The van der Waals surface area contributed by atoms with E-state index in [9.17, 15) is 8.42 Å². The molecule has 0 aliphatic heterocycles. The molecule has 2 aromatic heterocycles. The van der Waals surface area contributed by atoms with Crippen LogP contribution in [0.1, 0.15) is 11.1 Å². The van der Waals surface area contributed by atoms with Gasteiger partial charge in [0, 0.05) is 23.5 Å². The van der Waals surface area contributed by atoms with E-state index in [1.165, 1.54) is 0 Å². The molecular weight excluding hydrogens is 374 g/mol. The summed E-state index contributed by atoms with van der Waals surface area (Å²) in [5.74, 6) is 0.471. The van der Waals surface area contributed by atoms with E-state index in [-0.39, 0.29) is 4.90 Å². The molecule has 0 bridgehead atoms. The lowest BCUT2D eigenvalue weighted by Crippen LogP contribution is -2.14. The van der Waals surface area contributed by atoms with Crippen LogP contribution >= 0.6 is 0 Å². The number of anilines is 2. The van der Waals surface area contributed by atoms with Crippen molar-refractivity contribution >= 4 is 27.2 Å². The Hall–Kier alpha value is -3.39. The van der Waals surface area contributed by atoms with Crippen LogP contribution in [0.3, 0.4) is 0 Å². The minimum atomic E-state index is -3.67. The summed E-state index contributed by atoms with van der Waals surface area (Å²) >= 11 is 0. The molecule has 0 aliphatic carbocycles. The van der Waals surface area contributed by atoms with Crippen LogP contribution in [0.5, 0.6) is 0 Å². The van der Waals surface area contributed by atoms with Crippen molar-refractivity contribution in [2.75, 3.05) is 10.5 Å². The van der Waals surface area contributed by atoms with Crippen LogP contribution in [-0.4, -0.2) is 23.0 Å². The third-order valence-corrected chi connectivity index (χ3v) is 6.27. The maximum absolute atomic E-state index is 12.7. The molecule has 2 heterocycles.